The summed E-state index contributed by atoms with van der Waals surface area (Å²) in [6.45, 7) is 3.59. The van der Waals surface area contributed by atoms with Crippen LogP contribution in [0.4, 0.5) is 4.39 Å². The number of hydrogen-bond donors (Lipinski definition) is 2. The van der Waals surface area contributed by atoms with E-state index in [0.717, 1.165) is 6.07 Å². The minimum Gasteiger partial charge on any atom is -0.494 e. The molecule has 5 heteroatoms. The van der Waals surface area contributed by atoms with Gasteiger partial charge in [-0.3, -0.25) is 4.79 Å². The highest BCUT2D eigenvalue weighted by Gasteiger charge is 2.16. The van der Waals surface area contributed by atoms with Crippen molar-refractivity contribution in [3.63, 3.8) is 0 Å². The van der Waals surface area contributed by atoms with E-state index in [1.165, 1.54) is 19.2 Å². The lowest BCUT2D eigenvalue weighted by atomic mass is 10.0. The summed E-state index contributed by atoms with van der Waals surface area (Å²) in [5.74, 6) is -0.905. The Kier molecular flexibility index (Phi) is 5.09. The Labute approximate surface area is 106 Å². The number of carbonyl (C=O) groups is 1. The van der Waals surface area contributed by atoms with E-state index in [1.54, 1.807) is 6.92 Å². The van der Waals surface area contributed by atoms with E-state index < -0.39 is 5.82 Å². The first kappa shape index (κ1) is 14.4. The molecule has 18 heavy (non-hydrogen) atoms. The monoisotopic (exact) mass is 255 g/mol. The minimum atomic E-state index is -0.576. The van der Waals surface area contributed by atoms with Gasteiger partial charge in [0.2, 0.25) is 0 Å². The van der Waals surface area contributed by atoms with Crippen LogP contribution >= 0.6 is 0 Å². The van der Waals surface area contributed by atoms with Gasteiger partial charge in [-0.25, -0.2) is 4.39 Å². The summed E-state index contributed by atoms with van der Waals surface area (Å²) >= 11 is 0. The highest BCUT2D eigenvalue weighted by molar-refractivity contribution is 5.94. The second-order valence-corrected chi connectivity index (χ2v) is 4.27. The third-order valence-electron chi connectivity index (χ3n) is 2.91. The molecule has 1 rings (SSSR count). The van der Waals surface area contributed by atoms with Gasteiger partial charge >= 0.3 is 0 Å². The van der Waals surface area contributed by atoms with Crippen molar-refractivity contribution in [2.75, 3.05) is 13.7 Å². The number of ether oxygens (including phenoxy) is 1. The Morgan fingerprint density at radius 2 is 2.17 bits per heavy atom. The van der Waals surface area contributed by atoms with Gasteiger partial charge in [-0.15, -0.1) is 0 Å². The Balaban J connectivity index is 2.76. The number of aliphatic hydroxyl groups excluding tert-OH is 1. The van der Waals surface area contributed by atoms with E-state index >= 15 is 0 Å². The molecule has 1 aromatic rings. The molecular formula is C13H18FNO3. The summed E-state index contributed by atoms with van der Waals surface area (Å²) in [7, 11) is 1.36. The first-order valence-electron chi connectivity index (χ1n) is 5.74. The average molecular weight is 255 g/mol. The zero-order valence-corrected chi connectivity index (χ0v) is 10.7. The van der Waals surface area contributed by atoms with Gasteiger partial charge < -0.3 is 15.2 Å². The largest absolute Gasteiger partial charge is 0.494 e. The number of rotatable bonds is 5. The van der Waals surface area contributed by atoms with Crippen LogP contribution in [0.2, 0.25) is 0 Å². The molecule has 0 fully saturated rings. The fraction of sp³-hybridized carbons (Fsp3) is 0.462. The smallest absolute Gasteiger partial charge is 0.251 e. The zero-order valence-electron chi connectivity index (χ0n) is 10.7. The third-order valence-corrected chi connectivity index (χ3v) is 2.91. The molecule has 0 heterocycles. The molecule has 0 aliphatic rings. The number of methoxy groups -OCH3 is 1. The number of carbonyl (C=O) groups excluding carboxylic acids is 1. The van der Waals surface area contributed by atoms with Crippen LogP contribution in [0.5, 0.6) is 5.75 Å². The Morgan fingerprint density at radius 3 is 2.67 bits per heavy atom. The van der Waals surface area contributed by atoms with Gasteiger partial charge in [0.1, 0.15) is 0 Å². The number of amides is 1. The second-order valence-electron chi connectivity index (χ2n) is 4.27. The van der Waals surface area contributed by atoms with Crippen molar-refractivity contribution in [1.82, 2.24) is 5.32 Å². The summed E-state index contributed by atoms with van der Waals surface area (Å²) in [5, 5.41) is 11.7. The van der Waals surface area contributed by atoms with Crippen molar-refractivity contribution in [2.45, 2.75) is 19.9 Å². The molecule has 100 valence electrons. The van der Waals surface area contributed by atoms with Gasteiger partial charge in [0.15, 0.2) is 11.6 Å². The molecule has 4 nitrogen and oxygen atoms in total. The van der Waals surface area contributed by atoms with Gasteiger partial charge in [0.25, 0.3) is 5.91 Å². The second kappa shape index (κ2) is 6.35. The van der Waals surface area contributed by atoms with E-state index in [0.29, 0.717) is 0 Å². The normalized spacial score (nSPS) is 13.8. The van der Waals surface area contributed by atoms with Gasteiger partial charge in [-0.05, 0) is 31.0 Å². The Morgan fingerprint density at radius 1 is 1.50 bits per heavy atom. The van der Waals surface area contributed by atoms with E-state index in [2.05, 4.69) is 5.32 Å². The van der Waals surface area contributed by atoms with Gasteiger partial charge in [0.05, 0.1) is 7.11 Å². The molecule has 2 N–H and O–H groups in total. The molecular weight excluding hydrogens is 237 g/mol. The number of nitrogens with one attached hydrogen (secondary N) is 1. The van der Waals surface area contributed by atoms with Crippen LogP contribution < -0.4 is 10.1 Å². The number of hydrogen-bond acceptors (Lipinski definition) is 3. The van der Waals surface area contributed by atoms with Crippen LogP contribution in [0, 0.1) is 11.7 Å². The molecule has 0 aliphatic carbocycles. The summed E-state index contributed by atoms with van der Waals surface area (Å²) in [5.41, 5.74) is 0.227. The molecule has 0 aliphatic heterocycles. The SMILES string of the molecule is COc1ccc(C(=O)NC(C)C(C)CO)cc1F. The van der Waals surface area contributed by atoms with Crippen LogP contribution in [-0.2, 0) is 0 Å². The molecule has 0 saturated carbocycles. The predicted octanol–water partition coefficient (Wildman–Crippen LogP) is 1.58. The highest BCUT2D eigenvalue weighted by atomic mass is 19.1. The standard InChI is InChI=1S/C13H18FNO3/c1-8(7-16)9(2)15-13(17)10-4-5-12(18-3)11(14)6-10/h4-6,8-9,16H,7H2,1-3H3,(H,15,17). The molecule has 1 aromatic carbocycles. The average Bonchev–Trinajstić information content (AvgIpc) is 2.37. The minimum absolute atomic E-state index is 0.0155. The molecule has 0 saturated heterocycles. The lowest BCUT2D eigenvalue weighted by Gasteiger charge is -2.19. The molecule has 1 amide bonds. The van der Waals surface area contributed by atoms with E-state index in [9.17, 15) is 9.18 Å². The number of aliphatic hydroxyl groups is 1. The number of halogens is 1. The lowest BCUT2D eigenvalue weighted by Crippen LogP contribution is -2.38. The van der Waals surface area contributed by atoms with Gasteiger partial charge in [-0.2, -0.15) is 0 Å². The van der Waals surface area contributed by atoms with Crippen LogP contribution in [0.25, 0.3) is 0 Å². The summed E-state index contributed by atoms with van der Waals surface area (Å²) in [4.78, 5) is 11.8. The fourth-order valence-electron chi connectivity index (χ4n) is 1.40. The van der Waals surface area contributed by atoms with Gasteiger partial charge in [-0.1, -0.05) is 6.92 Å². The quantitative estimate of drug-likeness (QED) is 0.840. The maximum Gasteiger partial charge on any atom is 0.251 e. The maximum absolute atomic E-state index is 13.4. The van der Waals surface area contributed by atoms with Crippen molar-refractivity contribution in [1.29, 1.82) is 0 Å². The van der Waals surface area contributed by atoms with Gasteiger partial charge in [0, 0.05) is 18.2 Å². The topological polar surface area (TPSA) is 58.6 Å². The predicted molar refractivity (Wildman–Crippen MR) is 66.1 cm³/mol. The van der Waals surface area contributed by atoms with E-state index in [-0.39, 0.29) is 35.8 Å². The lowest BCUT2D eigenvalue weighted by molar-refractivity contribution is 0.0915. The molecule has 2 unspecified atom stereocenters. The third kappa shape index (κ3) is 3.43. The van der Waals surface area contributed by atoms with Crippen molar-refractivity contribution in [2.24, 2.45) is 5.92 Å². The van der Waals surface area contributed by atoms with Crippen molar-refractivity contribution >= 4 is 5.91 Å². The molecule has 0 aromatic heterocycles. The van der Waals surface area contributed by atoms with Crippen molar-refractivity contribution in [3.05, 3.63) is 29.6 Å². The fourth-order valence-corrected chi connectivity index (χ4v) is 1.40. The van der Waals surface area contributed by atoms with Crippen molar-refractivity contribution < 1.29 is 19.0 Å². The Hall–Kier alpha value is -1.62. The van der Waals surface area contributed by atoms with Crippen molar-refractivity contribution in [3.8, 4) is 5.75 Å². The highest BCUT2D eigenvalue weighted by Crippen LogP contribution is 2.17. The molecule has 2 atom stereocenters. The van der Waals surface area contributed by atoms with E-state index in [4.69, 9.17) is 9.84 Å². The first-order valence-corrected chi connectivity index (χ1v) is 5.74. The molecule has 0 radical (unpaired) electrons. The van der Waals surface area contributed by atoms with E-state index in [1.807, 2.05) is 6.92 Å². The summed E-state index contributed by atoms with van der Waals surface area (Å²) in [6.07, 6.45) is 0. The Bertz CT molecular complexity index is 423. The summed E-state index contributed by atoms with van der Waals surface area (Å²) < 4.78 is 18.2. The van der Waals surface area contributed by atoms with Crippen LogP contribution in [0.15, 0.2) is 18.2 Å². The first-order chi connectivity index (χ1) is 8.49. The summed E-state index contributed by atoms with van der Waals surface area (Å²) in [6, 6.07) is 3.84. The molecule has 0 bridgehead atoms. The van der Waals surface area contributed by atoms with Crippen LogP contribution in [-0.4, -0.2) is 30.8 Å². The zero-order chi connectivity index (χ0) is 13.7. The number of benzene rings is 1. The van der Waals surface area contributed by atoms with Crippen LogP contribution in [0.1, 0.15) is 24.2 Å². The maximum atomic E-state index is 13.4. The van der Waals surface area contributed by atoms with Crippen LogP contribution in [0.3, 0.4) is 0 Å². The molecule has 0 spiro atoms.